The summed E-state index contributed by atoms with van der Waals surface area (Å²) in [5.74, 6) is -3.23. The highest BCUT2D eigenvalue weighted by molar-refractivity contribution is 5.92. The molecule has 0 saturated carbocycles. The molecule has 1 aromatic heterocycles. The zero-order valence-corrected chi connectivity index (χ0v) is 11.1. The van der Waals surface area contributed by atoms with Gasteiger partial charge in [-0.2, -0.15) is 0 Å². The lowest BCUT2D eigenvalue weighted by Crippen LogP contribution is -2.21. The summed E-state index contributed by atoms with van der Waals surface area (Å²) in [5, 5.41) is 11.1. The number of anilines is 1. The molecular formula is C14H12F2N2O3. The fourth-order valence-corrected chi connectivity index (χ4v) is 1.83. The van der Waals surface area contributed by atoms with Crippen LogP contribution in [0, 0.1) is 18.6 Å². The summed E-state index contributed by atoms with van der Waals surface area (Å²) < 4.78 is 28.1. The average Bonchev–Trinajstić information content (AvgIpc) is 2.84. The maximum atomic E-state index is 13.6. The predicted octanol–water partition coefficient (Wildman–Crippen LogP) is 2.41. The van der Waals surface area contributed by atoms with E-state index >= 15 is 0 Å². The number of amides is 1. The number of nitrogens with one attached hydrogen (secondary N) is 1. The van der Waals surface area contributed by atoms with Gasteiger partial charge >= 0.3 is 5.97 Å². The maximum absolute atomic E-state index is 13.6. The SMILES string of the molecule is Cc1cc(F)c(NC(=O)Cn2cccc2C(=O)O)cc1F. The number of carboxylic acid groups (broad SMARTS) is 1. The van der Waals surface area contributed by atoms with E-state index in [1.54, 1.807) is 0 Å². The van der Waals surface area contributed by atoms with Crippen LogP contribution in [0.3, 0.4) is 0 Å². The molecule has 0 fully saturated rings. The highest BCUT2D eigenvalue weighted by atomic mass is 19.1. The molecule has 0 radical (unpaired) electrons. The number of benzene rings is 1. The molecule has 2 N–H and O–H groups in total. The van der Waals surface area contributed by atoms with Gasteiger partial charge in [0.15, 0.2) is 0 Å². The van der Waals surface area contributed by atoms with Crippen molar-refractivity contribution in [2.45, 2.75) is 13.5 Å². The van der Waals surface area contributed by atoms with E-state index in [2.05, 4.69) is 5.32 Å². The molecule has 0 atom stereocenters. The number of hydrogen-bond acceptors (Lipinski definition) is 2. The minimum Gasteiger partial charge on any atom is -0.477 e. The van der Waals surface area contributed by atoms with Gasteiger partial charge in [-0.05, 0) is 30.7 Å². The molecule has 2 rings (SSSR count). The molecule has 2 aromatic rings. The maximum Gasteiger partial charge on any atom is 0.352 e. The van der Waals surface area contributed by atoms with Gasteiger partial charge in [-0.25, -0.2) is 13.6 Å². The number of rotatable bonds is 4. The molecule has 0 aliphatic rings. The zero-order valence-electron chi connectivity index (χ0n) is 11.1. The smallest absolute Gasteiger partial charge is 0.352 e. The first-order valence-corrected chi connectivity index (χ1v) is 6.02. The molecule has 5 nitrogen and oxygen atoms in total. The topological polar surface area (TPSA) is 71.3 Å². The fourth-order valence-electron chi connectivity index (χ4n) is 1.83. The summed E-state index contributed by atoms with van der Waals surface area (Å²) in [6, 6.07) is 4.67. The lowest BCUT2D eigenvalue weighted by Gasteiger charge is -2.09. The van der Waals surface area contributed by atoms with Crippen molar-refractivity contribution in [3.05, 3.63) is 53.4 Å². The third kappa shape index (κ3) is 3.25. The van der Waals surface area contributed by atoms with Crippen LogP contribution in [0.25, 0.3) is 0 Å². The molecule has 0 unspecified atom stereocenters. The van der Waals surface area contributed by atoms with Crippen LogP contribution in [-0.4, -0.2) is 21.6 Å². The van der Waals surface area contributed by atoms with E-state index in [4.69, 9.17) is 5.11 Å². The Morgan fingerprint density at radius 2 is 2.00 bits per heavy atom. The van der Waals surface area contributed by atoms with Gasteiger partial charge in [-0.1, -0.05) is 0 Å². The summed E-state index contributed by atoms with van der Waals surface area (Å²) in [6.07, 6.45) is 1.41. The van der Waals surface area contributed by atoms with Crippen LogP contribution in [0.5, 0.6) is 0 Å². The number of aromatic carboxylic acids is 1. The number of nitrogens with zero attached hydrogens (tertiary/aromatic N) is 1. The number of aromatic nitrogens is 1. The highest BCUT2D eigenvalue weighted by Crippen LogP contribution is 2.19. The van der Waals surface area contributed by atoms with Gasteiger partial charge in [0, 0.05) is 12.3 Å². The Morgan fingerprint density at radius 1 is 1.29 bits per heavy atom. The first-order chi connectivity index (χ1) is 9.88. The number of hydrogen-bond donors (Lipinski definition) is 2. The van der Waals surface area contributed by atoms with Gasteiger partial charge in [0.05, 0.1) is 5.69 Å². The second kappa shape index (κ2) is 5.74. The van der Waals surface area contributed by atoms with Gasteiger partial charge in [0.1, 0.15) is 23.9 Å². The Labute approximate surface area is 118 Å². The van der Waals surface area contributed by atoms with Crippen molar-refractivity contribution in [1.82, 2.24) is 4.57 Å². The van der Waals surface area contributed by atoms with E-state index < -0.39 is 23.5 Å². The molecule has 21 heavy (non-hydrogen) atoms. The molecule has 0 aliphatic carbocycles. The molecule has 110 valence electrons. The average molecular weight is 294 g/mol. The summed E-state index contributed by atoms with van der Waals surface area (Å²) in [6.45, 7) is 1.09. The van der Waals surface area contributed by atoms with Crippen molar-refractivity contribution < 1.29 is 23.5 Å². The minimum atomic E-state index is -1.18. The number of halogens is 2. The molecule has 1 heterocycles. The number of carbonyl (C=O) groups is 2. The first kappa shape index (κ1) is 14.7. The van der Waals surface area contributed by atoms with Gasteiger partial charge in [0.2, 0.25) is 5.91 Å². The van der Waals surface area contributed by atoms with Crippen LogP contribution in [0.4, 0.5) is 14.5 Å². The third-order valence-electron chi connectivity index (χ3n) is 2.89. The van der Waals surface area contributed by atoms with Crippen LogP contribution in [0.1, 0.15) is 16.1 Å². The standard InChI is InChI=1S/C14H12F2N2O3/c1-8-5-10(16)11(6-9(8)15)17-13(19)7-18-4-2-3-12(18)14(20)21/h2-6H,7H2,1H3,(H,17,19)(H,20,21). The monoisotopic (exact) mass is 294 g/mol. The second-order valence-electron chi connectivity index (χ2n) is 4.46. The Balaban J connectivity index is 2.14. The molecule has 1 aromatic carbocycles. The van der Waals surface area contributed by atoms with Crippen molar-refractivity contribution >= 4 is 17.6 Å². The molecule has 7 heteroatoms. The highest BCUT2D eigenvalue weighted by Gasteiger charge is 2.14. The number of aryl methyl sites for hydroxylation is 1. The Hall–Kier alpha value is -2.70. The summed E-state index contributed by atoms with van der Waals surface area (Å²) >= 11 is 0. The summed E-state index contributed by atoms with van der Waals surface area (Å²) in [4.78, 5) is 22.7. The Bertz CT molecular complexity index is 710. The first-order valence-electron chi connectivity index (χ1n) is 6.02. The van der Waals surface area contributed by atoms with E-state index in [9.17, 15) is 18.4 Å². The van der Waals surface area contributed by atoms with E-state index in [0.29, 0.717) is 0 Å². The fraction of sp³-hybridized carbons (Fsp3) is 0.143. The van der Waals surface area contributed by atoms with E-state index in [0.717, 1.165) is 12.1 Å². The van der Waals surface area contributed by atoms with Crippen molar-refractivity contribution in [1.29, 1.82) is 0 Å². The van der Waals surface area contributed by atoms with Crippen LogP contribution in [0.2, 0.25) is 0 Å². The molecule has 0 spiro atoms. The van der Waals surface area contributed by atoms with Crippen LogP contribution in [0.15, 0.2) is 30.5 Å². The van der Waals surface area contributed by atoms with Crippen molar-refractivity contribution in [2.24, 2.45) is 0 Å². The third-order valence-corrected chi connectivity index (χ3v) is 2.89. The van der Waals surface area contributed by atoms with E-state index in [1.807, 2.05) is 0 Å². The van der Waals surface area contributed by atoms with Crippen LogP contribution >= 0.6 is 0 Å². The lowest BCUT2D eigenvalue weighted by atomic mass is 10.2. The normalized spacial score (nSPS) is 10.4. The number of carboxylic acids is 1. The molecule has 0 aliphatic heterocycles. The van der Waals surface area contributed by atoms with Crippen molar-refractivity contribution in [2.75, 3.05) is 5.32 Å². The van der Waals surface area contributed by atoms with Gasteiger partial charge in [0.25, 0.3) is 0 Å². The second-order valence-corrected chi connectivity index (χ2v) is 4.46. The van der Waals surface area contributed by atoms with Gasteiger partial charge < -0.3 is 15.0 Å². The lowest BCUT2D eigenvalue weighted by molar-refractivity contribution is -0.116. The molecule has 1 amide bonds. The minimum absolute atomic E-state index is 0.0688. The summed E-state index contributed by atoms with van der Waals surface area (Å²) in [5.41, 5.74) is -0.225. The number of carbonyl (C=O) groups excluding carboxylic acids is 1. The largest absolute Gasteiger partial charge is 0.477 e. The quantitative estimate of drug-likeness (QED) is 0.909. The Morgan fingerprint density at radius 3 is 2.67 bits per heavy atom. The van der Waals surface area contributed by atoms with Crippen LogP contribution < -0.4 is 5.32 Å². The van der Waals surface area contributed by atoms with Crippen LogP contribution in [-0.2, 0) is 11.3 Å². The zero-order chi connectivity index (χ0) is 15.6. The van der Waals surface area contributed by atoms with Gasteiger partial charge in [-0.3, -0.25) is 4.79 Å². The van der Waals surface area contributed by atoms with E-state index in [1.165, 1.54) is 29.8 Å². The summed E-state index contributed by atoms with van der Waals surface area (Å²) in [7, 11) is 0. The predicted molar refractivity (Wildman–Crippen MR) is 71.1 cm³/mol. The molecule has 0 saturated heterocycles. The van der Waals surface area contributed by atoms with Crippen molar-refractivity contribution in [3.8, 4) is 0 Å². The van der Waals surface area contributed by atoms with Crippen molar-refractivity contribution in [3.63, 3.8) is 0 Å². The molecule has 0 bridgehead atoms. The van der Waals surface area contributed by atoms with Gasteiger partial charge in [-0.15, -0.1) is 0 Å². The molecular weight excluding hydrogens is 282 g/mol. The Kier molecular flexibility index (Phi) is 4.02. The van der Waals surface area contributed by atoms with E-state index in [-0.39, 0.29) is 23.5 Å².